The van der Waals surface area contributed by atoms with Gasteiger partial charge in [-0.25, -0.2) is 9.59 Å². The van der Waals surface area contributed by atoms with E-state index in [0.29, 0.717) is 12.1 Å². The van der Waals surface area contributed by atoms with Crippen molar-refractivity contribution >= 4 is 35.4 Å². The van der Waals surface area contributed by atoms with Gasteiger partial charge in [0.15, 0.2) is 0 Å². The number of anilines is 2. The van der Waals surface area contributed by atoms with Gasteiger partial charge in [-0.05, 0) is 45.9 Å². The topological polar surface area (TPSA) is 166 Å². The lowest BCUT2D eigenvalue weighted by molar-refractivity contribution is -0.137. The quantitative estimate of drug-likeness (QED) is 0.228. The van der Waals surface area contributed by atoms with Crippen LogP contribution < -0.4 is 21.3 Å². The van der Waals surface area contributed by atoms with Crippen LogP contribution in [0.4, 0.5) is 34.1 Å². The van der Waals surface area contributed by atoms with Gasteiger partial charge in [0.25, 0.3) is 0 Å². The van der Waals surface area contributed by atoms with Gasteiger partial charge in [0.05, 0.1) is 11.6 Å². The van der Waals surface area contributed by atoms with Crippen molar-refractivity contribution in [2.75, 3.05) is 17.2 Å². The fraction of sp³-hybridized carbons (Fsp3) is 0.455. The maximum Gasteiger partial charge on any atom is 0.416 e. The Bertz CT molecular complexity index is 1040. The number of carbonyl (C=O) groups is 4. The fourth-order valence-electron chi connectivity index (χ4n) is 2.65. The van der Waals surface area contributed by atoms with Crippen LogP contribution in [0.3, 0.4) is 0 Å². The number of benzene rings is 1. The lowest BCUT2D eigenvalue weighted by atomic mass is 10.1. The molecule has 0 aliphatic rings. The molecule has 0 radical (unpaired) electrons. The molecule has 0 aliphatic heterocycles. The number of alkyl halides is 3. The first-order valence-electron chi connectivity index (χ1n) is 10.4. The molecule has 11 nitrogen and oxygen atoms in total. The number of carboxylic acid groups (broad SMARTS) is 1. The zero-order chi connectivity index (χ0) is 27.7. The van der Waals surface area contributed by atoms with Gasteiger partial charge in [0.1, 0.15) is 18.1 Å². The molecule has 0 spiro atoms. The summed E-state index contributed by atoms with van der Waals surface area (Å²) in [5, 5.41) is 27.1. The molecule has 0 unspecified atom stereocenters. The van der Waals surface area contributed by atoms with Crippen LogP contribution in [0.25, 0.3) is 0 Å². The fourth-order valence-corrected chi connectivity index (χ4v) is 2.65. The highest BCUT2D eigenvalue weighted by atomic mass is 19.4. The largest absolute Gasteiger partial charge is 0.465 e. The molecule has 198 valence electrons. The molecule has 0 heterocycles. The standard InChI is InChI=1S/C22H27F3N4O7/c1-5-6-16(30)15(11-26-19(33)34)29-18(32)10-17(31)27-13-7-12(22(23,24)25)8-14(9-13)28-20(35)36-21(2,3)4/h7-9,15-16,26,30H,10-11H2,1-4H3,(H,27,31)(H,28,35)(H,29,32)(H,33,34)/t15-,16-/m0/s1. The average Bonchev–Trinajstić information content (AvgIpc) is 2.68. The third kappa shape index (κ3) is 11.4. The smallest absolute Gasteiger partial charge is 0.416 e. The van der Waals surface area contributed by atoms with Gasteiger partial charge in [0.2, 0.25) is 11.8 Å². The van der Waals surface area contributed by atoms with E-state index in [1.807, 2.05) is 5.32 Å². The SMILES string of the molecule is CC#C[C@H](O)[C@H](CNC(=O)O)NC(=O)CC(=O)Nc1cc(NC(=O)OC(C)(C)C)cc(C(F)(F)F)c1. The number of rotatable bonds is 8. The van der Waals surface area contributed by atoms with E-state index >= 15 is 0 Å². The van der Waals surface area contributed by atoms with Crippen LogP contribution in [0.15, 0.2) is 18.2 Å². The zero-order valence-corrected chi connectivity index (χ0v) is 19.9. The van der Waals surface area contributed by atoms with Crippen LogP contribution in [0.1, 0.15) is 39.7 Å². The number of ether oxygens (including phenoxy) is 1. The van der Waals surface area contributed by atoms with Gasteiger partial charge in [-0.15, -0.1) is 5.92 Å². The van der Waals surface area contributed by atoms with Crippen molar-refractivity contribution in [3.8, 4) is 11.8 Å². The Labute approximate surface area is 204 Å². The van der Waals surface area contributed by atoms with Crippen LogP contribution in [0.2, 0.25) is 0 Å². The molecule has 0 saturated carbocycles. The van der Waals surface area contributed by atoms with Crippen molar-refractivity contribution in [2.45, 2.75) is 58.0 Å². The van der Waals surface area contributed by atoms with Gasteiger partial charge in [0, 0.05) is 17.9 Å². The molecule has 14 heteroatoms. The van der Waals surface area contributed by atoms with Gasteiger partial charge < -0.3 is 30.9 Å². The van der Waals surface area contributed by atoms with Crippen LogP contribution in [0, 0.1) is 11.8 Å². The summed E-state index contributed by atoms with van der Waals surface area (Å²) in [6.45, 7) is 5.66. The van der Waals surface area contributed by atoms with E-state index in [-0.39, 0.29) is 11.4 Å². The van der Waals surface area contributed by atoms with Gasteiger partial charge in [-0.2, -0.15) is 13.2 Å². The molecule has 0 saturated heterocycles. The second-order valence-electron chi connectivity index (χ2n) is 8.35. The van der Waals surface area contributed by atoms with Crippen LogP contribution >= 0.6 is 0 Å². The lowest BCUT2D eigenvalue weighted by Gasteiger charge is -2.21. The minimum absolute atomic E-state index is 0.320. The van der Waals surface area contributed by atoms with E-state index in [1.54, 1.807) is 20.8 Å². The summed E-state index contributed by atoms with van der Waals surface area (Å²) in [4.78, 5) is 47.1. The molecule has 0 fully saturated rings. The van der Waals surface area contributed by atoms with E-state index in [2.05, 4.69) is 27.8 Å². The van der Waals surface area contributed by atoms with Crippen molar-refractivity contribution in [1.82, 2.24) is 10.6 Å². The molecule has 0 bridgehead atoms. The predicted molar refractivity (Wildman–Crippen MR) is 122 cm³/mol. The highest BCUT2D eigenvalue weighted by Crippen LogP contribution is 2.33. The van der Waals surface area contributed by atoms with Crippen molar-refractivity contribution in [3.63, 3.8) is 0 Å². The summed E-state index contributed by atoms with van der Waals surface area (Å²) < 4.78 is 44.9. The monoisotopic (exact) mass is 516 g/mol. The summed E-state index contributed by atoms with van der Waals surface area (Å²) >= 11 is 0. The van der Waals surface area contributed by atoms with E-state index in [9.17, 15) is 37.5 Å². The van der Waals surface area contributed by atoms with Gasteiger partial charge in [-0.1, -0.05) is 5.92 Å². The Balaban J connectivity index is 2.98. The summed E-state index contributed by atoms with van der Waals surface area (Å²) in [6.07, 6.45) is -9.60. The first kappa shape index (κ1) is 30.0. The number of aliphatic hydroxyl groups excluding tert-OH is 1. The summed E-state index contributed by atoms with van der Waals surface area (Å²) in [5.41, 5.74) is -2.78. The second-order valence-corrected chi connectivity index (χ2v) is 8.35. The Morgan fingerprint density at radius 2 is 1.61 bits per heavy atom. The number of hydrogen-bond acceptors (Lipinski definition) is 6. The number of nitrogens with one attached hydrogen (secondary N) is 4. The molecular formula is C22H27F3N4O7. The number of carbonyl (C=O) groups excluding carboxylic acids is 3. The second kappa shape index (κ2) is 12.6. The summed E-state index contributed by atoms with van der Waals surface area (Å²) in [5.74, 6) is 2.75. The van der Waals surface area contributed by atoms with Crippen LogP contribution in [-0.4, -0.2) is 58.5 Å². The minimum Gasteiger partial charge on any atom is -0.465 e. The molecule has 0 aromatic heterocycles. The highest BCUT2D eigenvalue weighted by Gasteiger charge is 2.32. The third-order valence-electron chi connectivity index (χ3n) is 4.00. The molecule has 1 rings (SSSR count). The van der Waals surface area contributed by atoms with Crippen molar-refractivity contribution in [1.29, 1.82) is 0 Å². The van der Waals surface area contributed by atoms with Gasteiger partial charge in [-0.3, -0.25) is 14.9 Å². The van der Waals surface area contributed by atoms with Crippen molar-refractivity contribution < 1.29 is 47.3 Å². The molecular weight excluding hydrogens is 489 g/mol. The molecule has 36 heavy (non-hydrogen) atoms. The first-order chi connectivity index (χ1) is 16.5. The number of halogens is 3. The van der Waals surface area contributed by atoms with E-state index in [1.165, 1.54) is 6.92 Å². The third-order valence-corrected chi connectivity index (χ3v) is 4.00. The predicted octanol–water partition coefficient (Wildman–Crippen LogP) is 2.52. The summed E-state index contributed by atoms with van der Waals surface area (Å²) in [7, 11) is 0. The van der Waals surface area contributed by atoms with Crippen LogP contribution in [-0.2, 0) is 20.5 Å². The Morgan fingerprint density at radius 3 is 2.11 bits per heavy atom. The minimum atomic E-state index is -4.82. The summed E-state index contributed by atoms with van der Waals surface area (Å²) in [6, 6.07) is 1.08. The first-order valence-corrected chi connectivity index (χ1v) is 10.4. The van der Waals surface area contributed by atoms with E-state index in [0.717, 1.165) is 6.07 Å². The van der Waals surface area contributed by atoms with Crippen LogP contribution in [0.5, 0.6) is 0 Å². The van der Waals surface area contributed by atoms with E-state index in [4.69, 9.17) is 9.84 Å². The maximum absolute atomic E-state index is 13.3. The molecule has 4 amide bonds. The molecule has 6 N–H and O–H groups in total. The number of amides is 4. The molecule has 1 aromatic rings. The Kier molecular flexibility index (Phi) is 10.5. The molecule has 2 atom stereocenters. The molecule has 0 aliphatic carbocycles. The number of hydrogen-bond donors (Lipinski definition) is 6. The Hall–Kier alpha value is -3.99. The zero-order valence-electron chi connectivity index (χ0n) is 19.9. The highest BCUT2D eigenvalue weighted by molar-refractivity contribution is 6.04. The average molecular weight is 516 g/mol. The van der Waals surface area contributed by atoms with Crippen molar-refractivity contribution in [2.24, 2.45) is 0 Å². The normalized spacial score (nSPS) is 12.8. The maximum atomic E-state index is 13.3. The lowest BCUT2D eigenvalue weighted by Crippen LogP contribution is -2.50. The number of aliphatic hydroxyl groups is 1. The van der Waals surface area contributed by atoms with E-state index < -0.39 is 66.5 Å². The Morgan fingerprint density at radius 1 is 1.03 bits per heavy atom. The van der Waals surface area contributed by atoms with Crippen molar-refractivity contribution in [3.05, 3.63) is 23.8 Å². The molecule has 1 aromatic carbocycles. The van der Waals surface area contributed by atoms with Gasteiger partial charge >= 0.3 is 18.4 Å².